The molecule has 1 aromatic carbocycles. The number of benzene rings is 1. The highest BCUT2D eigenvalue weighted by Crippen LogP contribution is 2.14. The van der Waals surface area contributed by atoms with Crippen LogP contribution in [0.5, 0.6) is 5.75 Å². The highest BCUT2D eigenvalue weighted by molar-refractivity contribution is 5.96. The summed E-state index contributed by atoms with van der Waals surface area (Å²) in [4.78, 5) is 22.8. The van der Waals surface area contributed by atoms with Crippen molar-refractivity contribution in [3.05, 3.63) is 29.8 Å². The first-order valence-corrected chi connectivity index (χ1v) is 5.85. The highest BCUT2D eigenvalue weighted by Gasteiger charge is 2.16. The molecule has 5 nitrogen and oxygen atoms in total. The highest BCUT2D eigenvalue weighted by atomic mass is 16.5. The molecule has 0 saturated carbocycles. The van der Waals surface area contributed by atoms with Crippen molar-refractivity contribution in [3.63, 3.8) is 0 Å². The van der Waals surface area contributed by atoms with Gasteiger partial charge in [0.05, 0.1) is 0 Å². The Labute approximate surface area is 107 Å². The molecule has 5 heteroatoms. The van der Waals surface area contributed by atoms with Crippen molar-refractivity contribution in [2.24, 2.45) is 0 Å². The zero-order chi connectivity index (χ0) is 13.5. The van der Waals surface area contributed by atoms with Crippen LogP contribution in [0.4, 0.5) is 4.79 Å². The standard InChI is InChI=1S/C13H18N2O3/c1-4-14-13(17)15-12(16)10(3)18-11-7-5-6-9(2)8-11/h5-8,10H,4H2,1-3H3,(H2,14,15,16,17)/t10-/m0/s1. The number of urea groups is 1. The minimum atomic E-state index is -0.727. The first kappa shape index (κ1) is 14.0. The summed E-state index contributed by atoms with van der Waals surface area (Å²) in [5.41, 5.74) is 1.05. The number of hydrogen-bond donors (Lipinski definition) is 2. The van der Waals surface area contributed by atoms with Crippen LogP contribution in [-0.4, -0.2) is 24.6 Å². The van der Waals surface area contributed by atoms with Crippen LogP contribution in [0.2, 0.25) is 0 Å². The molecule has 0 aliphatic heterocycles. The van der Waals surface area contributed by atoms with E-state index in [0.29, 0.717) is 12.3 Å². The second-order valence-electron chi connectivity index (χ2n) is 3.93. The Kier molecular flexibility index (Phi) is 5.17. The van der Waals surface area contributed by atoms with Crippen LogP contribution in [0.3, 0.4) is 0 Å². The van der Waals surface area contributed by atoms with Gasteiger partial charge in [-0.15, -0.1) is 0 Å². The van der Waals surface area contributed by atoms with E-state index in [4.69, 9.17) is 4.74 Å². The summed E-state index contributed by atoms with van der Waals surface area (Å²) in [5.74, 6) is 0.135. The molecular formula is C13H18N2O3. The molecule has 0 bridgehead atoms. The van der Waals surface area contributed by atoms with Gasteiger partial charge in [-0.3, -0.25) is 10.1 Å². The third-order valence-electron chi connectivity index (χ3n) is 2.25. The van der Waals surface area contributed by atoms with Crippen molar-refractivity contribution in [1.29, 1.82) is 0 Å². The molecule has 0 aliphatic carbocycles. The number of aryl methyl sites for hydroxylation is 1. The van der Waals surface area contributed by atoms with E-state index in [-0.39, 0.29) is 0 Å². The number of carbonyl (C=O) groups excluding carboxylic acids is 2. The van der Waals surface area contributed by atoms with E-state index >= 15 is 0 Å². The number of imide groups is 1. The molecule has 3 amide bonds. The van der Waals surface area contributed by atoms with E-state index in [1.54, 1.807) is 19.9 Å². The minimum absolute atomic E-state index is 0.465. The molecule has 0 heterocycles. The van der Waals surface area contributed by atoms with Crippen molar-refractivity contribution >= 4 is 11.9 Å². The summed E-state index contributed by atoms with van der Waals surface area (Å²) in [6, 6.07) is 6.87. The zero-order valence-electron chi connectivity index (χ0n) is 10.8. The maximum Gasteiger partial charge on any atom is 0.321 e. The van der Waals surface area contributed by atoms with Gasteiger partial charge in [0.25, 0.3) is 5.91 Å². The third-order valence-corrected chi connectivity index (χ3v) is 2.25. The lowest BCUT2D eigenvalue weighted by Gasteiger charge is -2.14. The van der Waals surface area contributed by atoms with Gasteiger partial charge >= 0.3 is 6.03 Å². The van der Waals surface area contributed by atoms with Gasteiger partial charge < -0.3 is 10.1 Å². The maximum absolute atomic E-state index is 11.6. The summed E-state index contributed by atoms with van der Waals surface area (Å²) < 4.78 is 5.44. The van der Waals surface area contributed by atoms with Gasteiger partial charge in [0, 0.05) is 6.54 Å². The van der Waals surface area contributed by atoms with E-state index in [0.717, 1.165) is 5.56 Å². The average molecular weight is 250 g/mol. The molecule has 1 atom stereocenters. The molecule has 1 rings (SSSR count). The van der Waals surface area contributed by atoms with Crippen LogP contribution >= 0.6 is 0 Å². The van der Waals surface area contributed by atoms with Crippen LogP contribution in [-0.2, 0) is 4.79 Å². The molecule has 0 aliphatic rings. The molecule has 0 unspecified atom stereocenters. The number of nitrogens with one attached hydrogen (secondary N) is 2. The SMILES string of the molecule is CCNC(=O)NC(=O)[C@H](C)Oc1cccc(C)c1. The fourth-order valence-corrected chi connectivity index (χ4v) is 1.36. The average Bonchev–Trinajstić information content (AvgIpc) is 2.29. The Hall–Kier alpha value is -2.04. The van der Waals surface area contributed by atoms with Crippen LogP contribution in [0, 0.1) is 6.92 Å². The first-order valence-electron chi connectivity index (χ1n) is 5.85. The smallest absolute Gasteiger partial charge is 0.321 e. The van der Waals surface area contributed by atoms with E-state index in [1.807, 2.05) is 25.1 Å². The molecule has 18 heavy (non-hydrogen) atoms. The summed E-state index contributed by atoms with van der Waals surface area (Å²) in [6.45, 7) is 5.77. The monoisotopic (exact) mass is 250 g/mol. The minimum Gasteiger partial charge on any atom is -0.481 e. The van der Waals surface area contributed by atoms with Gasteiger partial charge in [0.2, 0.25) is 0 Å². The number of hydrogen-bond acceptors (Lipinski definition) is 3. The van der Waals surface area contributed by atoms with Gasteiger partial charge in [0.1, 0.15) is 5.75 Å². The van der Waals surface area contributed by atoms with E-state index < -0.39 is 18.0 Å². The number of ether oxygens (including phenoxy) is 1. The van der Waals surface area contributed by atoms with Gasteiger partial charge in [-0.1, -0.05) is 12.1 Å². The van der Waals surface area contributed by atoms with Crippen LogP contribution < -0.4 is 15.4 Å². The number of amides is 3. The summed E-state index contributed by atoms with van der Waals surface area (Å²) in [5, 5.41) is 4.68. The second kappa shape index (κ2) is 6.64. The summed E-state index contributed by atoms with van der Waals surface area (Å²) in [6.07, 6.45) is -0.727. The van der Waals surface area contributed by atoms with Crippen molar-refractivity contribution in [1.82, 2.24) is 10.6 Å². The quantitative estimate of drug-likeness (QED) is 0.853. The first-order chi connectivity index (χ1) is 8.52. The normalized spacial score (nSPS) is 11.5. The fourth-order valence-electron chi connectivity index (χ4n) is 1.36. The van der Waals surface area contributed by atoms with E-state index in [9.17, 15) is 9.59 Å². The van der Waals surface area contributed by atoms with Gasteiger partial charge in [0.15, 0.2) is 6.10 Å². The maximum atomic E-state index is 11.6. The Bertz CT molecular complexity index is 432. The predicted octanol–water partition coefficient (Wildman–Crippen LogP) is 1.61. The molecule has 0 radical (unpaired) electrons. The fraction of sp³-hybridized carbons (Fsp3) is 0.385. The molecule has 1 aromatic rings. The lowest BCUT2D eigenvalue weighted by Crippen LogP contribution is -2.45. The Morgan fingerprint density at radius 1 is 1.39 bits per heavy atom. The lowest BCUT2D eigenvalue weighted by molar-refractivity contribution is -0.126. The largest absolute Gasteiger partial charge is 0.481 e. The molecule has 0 fully saturated rings. The van der Waals surface area contributed by atoms with Crippen LogP contribution in [0.25, 0.3) is 0 Å². The lowest BCUT2D eigenvalue weighted by atomic mass is 10.2. The molecule has 98 valence electrons. The summed E-state index contributed by atoms with van der Waals surface area (Å²) >= 11 is 0. The number of rotatable bonds is 4. The molecule has 0 saturated heterocycles. The van der Waals surface area contributed by atoms with Gasteiger partial charge in [-0.25, -0.2) is 4.79 Å². The Morgan fingerprint density at radius 2 is 2.11 bits per heavy atom. The molecule has 2 N–H and O–H groups in total. The van der Waals surface area contributed by atoms with Crippen LogP contribution in [0.1, 0.15) is 19.4 Å². The predicted molar refractivity (Wildman–Crippen MR) is 68.5 cm³/mol. The molecule has 0 spiro atoms. The zero-order valence-corrected chi connectivity index (χ0v) is 10.8. The summed E-state index contributed by atoms with van der Waals surface area (Å²) in [7, 11) is 0. The van der Waals surface area contributed by atoms with Crippen molar-refractivity contribution in [2.45, 2.75) is 26.9 Å². The van der Waals surface area contributed by atoms with Gasteiger partial charge in [-0.2, -0.15) is 0 Å². The van der Waals surface area contributed by atoms with Crippen molar-refractivity contribution in [3.8, 4) is 5.75 Å². The second-order valence-corrected chi connectivity index (χ2v) is 3.93. The topological polar surface area (TPSA) is 67.4 Å². The Morgan fingerprint density at radius 3 is 2.72 bits per heavy atom. The number of carbonyl (C=O) groups is 2. The molecule has 0 aromatic heterocycles. The Balaban J connectivity index is 2.52. The van der Waals surface area contributed by atoms with E-state index in [2.05, 4.69) is 10.6 Å². The third kappa shape index (κ3) is 4.45. The molecular weight excluding hydrogens is 232 g/mol. The van der Waals surface area contributed by atoms with Gasteiger partial charge in [-0.05, 0) is 38.5 Å². The van der Waals surface area contributed by atoms with Crippen molar-refractivity contribution in [2.75, 3.05) is 6.54 Å². The van der Waals surface area contributed by atoms with E-state index in [1.165, 1.54) is 0 Å². The van der Waals surface area contributed by atoms with Crippen molar-refractivity contribution < 1.29 is 14.3 Å². The van der Waals surface area contributed by atoms with Crippen LogP contribution in [0.15, 0.2) is 24.3 Å².